The van der Waals surface area contributed by atoms with Crippen molar-refractivity contribution in [1.29, 1.82) is 0 Å². The molecule has 20 heavy (non-hydrogen) atoms. The van der Waals surface area contributed by atoms with Crippen LogP contribution < -0.4 is 5.73 Å². The molecule has 108 valence electrons. The second-order valence-electron chi connectivity index (χ2n) is 4.70. The van der Waals surface area contributed by atoms with E-state index in [1.807, 2.05) is 0 Å². The number of nitrogens with zero attached hydrogens (tertiary/aromatic N) is 1. The van der Waals surface area contributed by atoms with Crippen LogP contribution in [0.1, 0.15) is 16.7 Å². The van der Waals surface area contributed by atoms with Gasteiger partial charge in [-0.15, -0.1) is 0 Å². The summed E-state index contributed by atoms with van der Waals surface area (Å²) in [6.45, 7) is 2.45. The van der Waals surface area contributed by atoms with Crippen LogP contribution in [0.25, 0.3) is 0 Å². The van der Waals surface area contributed by atoms with Gasteiger partial charge in [0.15, 0.2) is 0 Å². The van der Waals surface area contributed by atoms with Gasteiger partial charge in [0.1, 0.15) is 0 Å². The van der Waals surface area contributed by atoms with Crippen LogP contribution in [0.2, 0.25) is 0 Å². The first-order chi connectivity index (χ1) is 9.45. The van der Waals surface area contributed by atoms with Gasteiger partial charge in [-0.1, -0.05) is 12.1 Å². The van der Waals surface area contributed by atoms with Crippen molar-refractivity contribution in [2.45, 2.75) is 24.9 Å². The monoisotopic (exact) mass is 294 g/mol. The van der Waals surface area contributed by atoms with E-state index in [-0.39, 0.29) is 6.54 Å². The molecule has 1 aromatic heterocycles. The highest BCUT2D eigenvalue weighted by atomic mass is 32.2. The molecule has 0 atom stereocenters. The van der Waals surface area contributed by atoms with Crippen LogP contribution in [-0.4, -0.2) is 19.8 Å². The Labute approximate surface area is 119 Å². The zero-order valence-corrected chi connectivity index (χ0v) is 12.4. The van der Waals surface area contributed by atoms with E-state index in [1.54, 1.807) is 38.2 Å². The molecule has 6 heteroatoms. The van der Waals surface area contributed by atoms with Gasteiger partial charge in [0.25, 0.3) is 0 Å². The van der Waals surface area contributed by atoms with E-state index in [2.05, 4.69) is 0 Å². The highest BCUT2D eigenvalue weighted by molar-refractivity contribution is 7.89. The number of aryl methyl sites for hydroxylation is 1. The summed E-state index contributed by atoms with van der Waals surface area (Å²) in [7, 11) is -1.97. The number of sulfonamides is 1. The van der Waals surface area contributed by atoms with Crippen LogP contribution in [0.15, 0.2) is 46.1 Å². The number of hydrogen-bond acceptors (Lipinski definition) is 4. The van der Waals surface area contributed by atoms with Gasteiger partial charge < -0.3 is 10.2 Å². The fourth-order valence-corrected chi connectivity index (χ4v) is 3.38. The quantitative estimate of drug-likeness (QED) is 0.913. The number of furan rings is 1. The molecule has 0 amide bonds. The van der Waals surface area contributed by atoms with E-state index >= 15 is 0 Å². The Morgan fingerprint density at radius 1 is 1.25 bits per heavy atom. The van der Waals surface area contributed by atoms with Crippen LogP contribution >= 0.6 is 0 Å². The Morgan fingerprint density at radius 3 is 2.55 bits per heavy atom. The van der Waals surface area contributed by atoms with Crippen LogP contribution in [0, 0.1) is 6.92 Å². The van der Waals surface area contributed by atoms with Gasteiger partial charge in [-0.2, -0.15) is 4.31 Å². The Balaban J connectivity index is 2.30. The summed E-state index contributed by atoms with van der Waals surface area (Å²) < 4.78 is 31.3. The van der Waals surface area contributed by atoms with Crippen molar-refractivity contribution >= 4 is 10.0 Å². The van der Waals surface area contributed by atoms with Gasteiger partial charge in [0.05, 0.1) is 17.4 Å². The molecular weight excluding hydrogens is 276 g/mol. The number of nitrogens with two attached hydrogens (primary N) is 1. The minimum atomic E-state index is -3.52. The van der Waals surface area contributed by atoms with Gasteiger partial charge >= 0.3 is 0 Å². The molecule has 0 saturated carbocycles. The third-order valence-corrected chi connectivity index (χ3v) is 5.11. The maximum Gasteiger partial charge on any atom is 0.243 e. The van der Waals surface area contributed by atoms with E-state index in [0.717, 1.165) is 11.1 Å². The zero-order valence-electron chi connectivity index (χ0n) is 11.5. The second-order valence-corrected chi connectivity index (χ2v) is 6.71. The SMILES string of the molecule is Cc1cc(CN)ccc1S(=O)(=O)N(C)Cc1ccoc1. The Hall–Kier alpha value is -1.63. The average Bonchev–Trinajstić information content (AvgIpc) is 2.91. The third kappa shape index (κ3) is 2.92. The molecule has 0 aliphatic carbocycles. The second kappa shape index (κ2) is 5.78. The molecule has 0 spiro atoms. The van der Waals surface area contributed by atoms with Crippen LogP contribution in [0.3, 0.4) is 0 Å². The third-order valence-electron chi connectivity index (χ3n) is 3.15. The van der Waals surface area contributed by atoms with Crippen molar-refractivity contribution in [2.75, 3.05) is 7.05 Å². The predicted molar refractivity (Wildman–Crippen MR) is 76.4 cm³/mol. The predicted octanol–water partition coefficient (Wildman–Crippen LogP) is 1.87. The molecule has 0 radical (unpaired) electrons. The standard InChI is InChI=1S/C14H18N2O3S/c1-11-7-12(8-15)3-4-14(11)20(17,18)16(2)9-13-5-6-19-10-13/h3-7,10H,8-9,15H2,1-2H3. The largest absolute Gasteiger partial charge is 0.472 e. The lowest BCUT2D eigenvalue weighted by molar-refractivity contribution is 0.463. The molecule has 1 aromatic carbocycles. The average molecular weight is 294 g/mol. The molecule has 0 aliphatic heterocycles. The minimum absolute atomic E-state index is 0.275. The smallest absolute Gasteiger partial charge is 0.243 e. The maximum atomic E-state index is 12.5. The lowest BCUT2D eigenvalue weighted by atomic mass is 10.1. The first-order valence-electron chi connectivity index (χ1n) is 6.22. The molecule has 0 saturated heterocycles. The van der Waals surface area contributed by atoms with Crippen molar-refractivity contribution in [3.05, 3.63) is 53.5 Å². The molecular formula is C14H18N2O3S. The topological polar surface area (TPSA) is 76.5 Å². The van der Waals surface area contributed by atoms with Crippen molar-refractivity contribution in [3.8, 4) is 0 Å². The molecule has 2 N–H and O–H groups in total. The van der Waals surface area contributed by atoms with E-state index in [1.165, 1.54) is 16.8 Å². The summed E-state index contributed by atoms with van der Waals surface area (Å²) in [6, 6.07) is 6.90. The van der Waals surface area contributed by atoms with Crippen LogP contribution in [-0.2, 0) is 23.1 Å². The summed E-state index contributed by atoms with van der Waals surface area (Å²) in [5.74, 6) is 0. The van der Waals surface area contributed by atoms with Crippen LogP contribution in [0.4, 0.5) is 0 Å². The first-order valence-corrected chi connectivity index (χ1v) is 7.66. The highest BCUT2D eigenvalue weighted by Crippen LogP contribution is 2.21. The number of hydrogen-bond donors (Lipinski definition) is 1. The van der Waals surface area contributed by atoms with Gasteiger partial charge in [-0.25, -0.2) is 8.42 Å². The molecule has 5 nitrogen and oxygen atoms in total. The Kier molecular flexibility index (Phi) is 4.27. The lowest BCUT2D eigenvalue weighted by Gasteiger charge is -2.18. The minimum Gasteiger partial charge on any atom is -0.472 e. The normalized spacial score (nSPS) is 12.0. The van der Waals surface area contributed by atoms with Crippen molar-refractivity contribution in [3.63, 3.8) is 0 Å². The summed E-state index contributed by atoms with van der Waals surface area (Å²) in [6.07, 6.45) is 3.06. The first kappa shape index (κ1) is 14.8. The van der Waals surface area contributed by atoms with Crippen molar-refractivity contribution in [2.24, 2.45) is 5.73 Å². The number of rotatable bonds is 5. The Morgan fingerprint density at radius 2 is 2.00 bits per heavy atom. The zero-order chi connectivity index (χ0) is 14.8. The maximum absolute atomic E-state index is 12.5. The molecule has 0 unspecified atom stereocenters. The van der Waals surface area contributed by atoms with Gasteiger partial charge in [-0.05, 0) is 30.2 Å². The summed E-state index contributed by atoms with van der Waals surface area (Å²) in [5, 5.41) is 0. The van der Waals surface area contributed by atoms with Gasteiger partial charge in [0.2, 0.25) is 10.0 Å². The highest BCUT2D eigenvalue weighted by Gasteiger charge is 2.23. The molecule has 0 aliphatic rings. The van der Waals surface area contributed by atoms with E-state index in [9.17, 15) is 8.42 Å². The van der Waals surface area contributed by atoms with Gasteiger partial charge in [0, 0.05) is 25.7 Å². The molecule has 2 rings (SSSR count). The van der Waals surface area contributed by atoms with E-state index in [4.69, 9.17) is 10.2 Å². The van der Waals surface area contributed by atoms with E-state index < -0.39 is 10.0 Å². The van der Waals surface area contributed by atoms with E-state index in [0.29, 0.717) is 17.0 Å². The molecule has 0 bridgehead atoms. The molecule has 1 heterocycles. The van der Waals surface area contributed by atoms with Gasteiger partial charge in [-0.3, -0.25) is 0 Å². The summed E-state index contributed by atoms with van der Waals surface area (Å²) in [5.41, 5.74) is 7.99. The molecule has 0 fully saturated rings. The summed E-state index contributed by atoms with van der Waals surface area (Å²) >= 11 is 0. The lowest BCUT2D eigenvalue weighted by Crippen LogP contribution is -2.27. The molecule has 2 aromatic rings. The fraction of sp³-hybridized carbons (Fsp3) is 0.286. The van der Waals surface area contributed by atoms with Crippen molar-refractivity contribution in [1.82, 2.24) is 4.31 Å². The van der Waals surface area contributed by atoms with Crippen LogP contribution in [0.5, 0.6) is 0 Å². The Bertz CT molecular complexity index is 678. The summed E-state index contributed by atoms with van der Waals surface area (Å²) in [4.78, 5) is 0.306. The number of benzene rings is 1. The fourth-order valence-electron chi connectivity index (χ4n) is 2.02. The van der Waals surface area contributed by atoms with Crippen molar-refractivity contribution < 1.29 is 12.8 Å².